The van der Waals surface area contributed by atoms with E-state index >= 15 is 4.39 Å². The number of likely N-dealkylation sites (tertiary alicyclic amines) is 1. The van der Waals surface area contributed by atoms with E-state index in [2.05, 4.69) is 37.6 Å². The number of phenols is 1. The largest absolute Gasteiger partial charge is 0.508 e. The fourth-order valence-electron chi connectivity index (χ4n) is 7.59. The van der Waals surface area contributed by atoms with Gasteiger partial charge in [0.15, 0.2) is 5.82 Å². The molecule has 11 heteroatoms. The van der Waals surface area contributed by atoms with Crippen LogP contribution in [0.4, 0.5) is 14.6 Å². The lowest BCUT2D eigenvalue weighted by Crippen LogP contribution is -2.51. The van der Waals surface area contributed by atoms with E-state index in [1.807, 2.05) is 0 Å². The average Bonchev–Trinajstić information content (AvgIpc) is 3.58. The van der Waals surface area contributed by atoms with Gasteiger partial charge in [0.25, 0.3) is 0 Å². The van der Waals surface area contributed by atoms with E-state index in [9.17, 15) is 9.50 Å². The van der Waals surface area contributed by atoms with Crippen molar-refractivity contribution in [2.75, 3.05) is 51.3 Å². The van der Waals surface area contributed by atoms with Crippen LogP contribution in [0.1, 0.15) is 37.7 Å². The number of ether oxygens (including phenoxy) is 2. The second kappa shape index (κ2) is 11.3. The molecule has 0 spiro atoms. The molecule has 1 aliphatic carbocycles. The van der Waals surface area contributed by atoms with Crippen molar-refractivity contribution in [2.45, 2.75) is 44.2 Å². The van der Waals surface area contributed by atoms with E-state index in [-0.39, 0.29) is 62.9 Å². The zero-order valence-electron chi connectivity index (χ0n) is 26.3. The van der Waals surface area contributed by atoms with Gasteiger partial charge in [0, 0.05) is 61.2 Å². The first kappa shape index (κ1) is 29.8. The maximum atomic E-state index is 17.0. The first-order valence-electron chi connectivity index (χ1n) is 16.1. The Balaban J connectivity index is 1.27. The van der Waals surface area contributed by atoms with Crippen LogP contribution >= 0.6 is 0 Å². The van der Waals surface area contributed by atoms with Crippen LogP contribution in [0.2, 0.25) is 0 Å². The summed E-state index contributed by atoms with van der Waals surface area (Å²) in [7, 11) is 1.45. The van der Waals surface area contributed by atoms with Gasteiger partial charge in [0.05, 0.1) is 19.3 Å². The Morgan fingerprint density at radius 3 is 2.60 bits per heavy atom. The number of rotatable bonds is 8. The third kappa shape index (κ3) is 5.29. The maximum absolute atomic E-state index is 17.0. The van der Waals surface area contributed by atoms with Gasteiger partial charge in [-0.25, -0.2) is 13.8 Å². The summed E-state index contributed by atoms with van der Waals surface area (Å²) in [6.07, 6.45) is 10.9. The van der Waals surface area contributed by atoms with Crippen LogP contribution in [-0.2, 0) is 0 Å². The van der Waals surface area contributed by atoms with Gasteiger partial charge in [-0.2, -0.15) is 9.97 Å². The second-order valence-corrected chi connectivity index (χ2v) is 13.5. The number of hydrogen-bond donors (Lipinski definition) is 2. The normalized spacial score (nSPS) is 21.8. The van der Waals surface area contributed by atoms with E-state index in [1.54, 1.807) is 0 Å². The van der Waals surface area contributed by atoms with E-state index in [0.717, 1.165) is 51.7 Å². The first-order valence-corrected chi connectivity index (χ1v) is 16.1. The molecule has 0 radical (unpaired) electrons. The van der Waals surface area contributed by atoms with Crippen LogP contribution in [0.5, 0.6) is 17.6 Å². The van der Waals surface area contributed by atoms with Crippen LogP contribution in [0, 0.1) is 29.4 Å². The van der Waals surface area contributed by atoms with Gasteiger partial charge in [-0.15, -0.1) is 6.42 Å². The highest BCUT2D eigenvalue weighted by Gasteiger charge is 2.45. The highest BCUT2D eigenvalue weighted by atomic mass is 19.1. The Kier molecular flexibility index (Phi) is 7.19. The molecular weight excluding hydrogens is 602 g/mol. The molecule has 2 atom stereocenters. The summed E-state index contributed by atoms with van der Waals surface area (Å²) in [5.41, 5.74) is 1.09. The molecule has 4 fully saturated rings. The molecule has 2 N–H and O–H groups in total. The van der Waals surface area contributed by atoms with Crippen LogP contribution in [0.15, 0.2) is 36.4 Å². The van der Waals surface area contributed by atoms with Crippen molar-refractivity contribution in [3.63, 3.8) is 0 Å². The zero-order chi connectivity index (χ0) is 32.4. The van der Waals surface area contributed by atoms with Gasteiger partial charge in [0.2, 0.25) is 5.88 Å². The number of benzene rings is 2. The number of anilines is 1. The first-order chi connectivity index (χ1) is 22.7. The average molecular weight is 639 g/mol. The highest BCUT2D eigenvalue weighted by molar-refractivity contribution is 6.04. The number of halogens is 2. The van der Waals surface area contributed by atoms with Crippen molar-refractivity contribution in [3.8, 4) is 41.2 Å². The summed E-state index contributed by atoms with van der Waals surface area (Å²) in [4.78, 5) is 18.7. The number of nitrogens with zero attached hydrogens (tertiary/aromatic N) is 5. The number of phenolic OH excluding ortho intramolecular Hbond substituents is 1. The van der Waals surface area contributed by atoms with Gasteiger partial charge in [-0.05, 0) is 55.7 Å². The molecule has 2 unspecified atom stereocenters. The molecule has 3 saturated heterocycles. The van der Waals surface area contributed by atoms with E-state index < -0.39 is 11.6 Å². The van der Waals surface area contributed by atoms with Gasteiger partial charge in [0.1, 0.15) is 34.0 Å². The van der Waals surface area contributed by atoms with Crippen molar-refractivity contribution in [1.29, 1.82) is 0 Å². The SMILES string of the molecule is C#Cc1c(F)ccc2cc(O)cc(-c3nc(OC)c4c(N5CC6CCC(C5)N6)nc(OCC5(CN6CCC(=C)C6)CC5)nc4c3F)c12. The minimum Gasteiger partial charge on any atom is -0.508 e. The molecule has 0 amide bonds. The lowest BCUT2D eigenvalue weighted by molar-refractivity contribution is 0.172. The highest BCUT2D eigenvalue weighted by Crippen LogP contribution is 2.48. The molecule has 4 aromatic rings. The number of hydrogen-bond acceptors (Lipinski definition) is 9. The number of methoxy groups -OCH3 is 1. The molecule has 4 aliphatic rings. The Bertz CT molecular complexity index is 1980. The summed E-state index contributed by atoms with van der Waals surface area (Å²) in [6.45, 7) is 8.71. The molecule has 8 rings (SSSR count). The summed E-state index contributed by atoms with van der Waals surface area (Å²) < 4.78 is 44.1. The number of terminal acetylenes is 1. The molecule has 2 aromatic heterocycles. The van der Waals surface area contributed by atoms with Crippen molar-refractivity contribution < 1.29 is 23.4 Å². The standard InChI is InChI=1S/C36H36F2N6O3/c1-4-25-27(37)8-5-21-13-24(45)14-26(28(21)25)31-30(38)32-29(34(40-31)46-3)33(44-16-22-6-7-23(17-44)39-22)42-35(41-32)47-19-36(10-11-36)18-43-12-9-20(2)15-43/h1,5,8,13-14,22-23,39,45H,2,6-7,9-12,15-19H2,3H3. The summed E-state index contributed by atoms with van der Waals surface area (Å²) >= 11 is 0. The molecule has 47 heavy (non-hydrogen) atoms. The topological polar surface area (TPSA) is 95.9 Å². The number of piperazine rings is 1. The lowest BCUT2D eigenvalue weighted by atomic mass is 9.95. The predicted octanol–water partition coefficient (Wildman–Crippen LogP) is 5.18. The third-order valence-corrected chi connectivity index (χ3v) is 10.1. The predicted molar refractivity (Wildman–Crippen MR) is 176 cm³/mol. The lowest BCUT2D eigenvalue weighted by Gasteiger charge is -2.34. The molecule has 3 aliphatic heterocycles. The van der Waals surface area contributed by atoms with Crippen molar-refractivity contribution in [1.82, 2.24) is 25.2 Å². The molecule has 1 saturated carbocycles. The summed E-state index contributed by atoms with van der Waals surface area (Å²) in [5.74, 6) is 1.42. The Labute approximate surface area is 271 Å². The maximum Gasteiger partial charge on any atom is 0.319 e. The molecule has 5 heterocycles. The fraction of sp³-hybridized carbons (Fsp3) is 0.417. The number of pyridine rings is 1. The third-order valence-electron chi connectivity index (χ3n) is 10.1. The zero-order valence-corrected chi connectivity index (χ0v) is 26.3. The number of aromatic nitrogens is 3. The second-order valence-electron chi connectivity index (χ2n) is 13.5. The number of fused-ring (bicyclic) bond motifs is 4. The molecule has 242 valence electrons. The van der Waals surface area contributed by atoms with Gasteiger partial charge >= 0.3 is 6.01 Å². The van der Waals surface area contributed by atoms with Gasteiger partial charge in [-0.1, -0.05) is 24.1 Å². The smallest absolute Gasteiger partial charge is 0.319 e. The van der Waals surface area contributed by atoms with Gasteiger partial charge < -0.3 is 24.8 Å². The minimum atomic E-state index is -0.775. The quantitative estimate of drug-likeness (QED) is 0.200. The van der Waals surface area contributed by atoms with E-state index in [0.29, 0.717) is 36.3 Å². The van der Waals surface area contributed by atoms with E-state index in [4.69, 9.17) is 20.9 Å². The van der Waals surface area contributed by atoms with Crippen LogP contribution in [0.25, 0.3) is 32.9 Å². The van der Waals surface area contributed by atoms with Crippen molar-refractivity contribution in [3.05, 3.63) is 53.6 Å². The molecule has 2 aromatic carbocycles. The van der Waals surface area contributed by atoms with E-state index in [1.165, 1.54) is 36.9 Å². The fourth-order valence-corrected chi connectivity index (χ4v) is 7.59. The van der Waals surface area contributed by atoms with Gasteiger partial charge in [-0.3, -0.25) is 4.90 Å². The minimum absolute atomic E-state index is 0.00688. The monoisotopic (exact) mass is 638 g/mol. The molecular formula is C36H36F2N6O3. The van der Waals surface area contributed by atoms with Crippen LogP contribution in [0.3, 0.4) is 0 Å². The summed E-state index contributed by atoms with van der Waals surface area (Å²) in [5, 5.41) is 15.3. The molecule has 9 nitrogen and oxygen atoms in total. The van der Waals surface area contributed by atoms with Crippen LogP contribution in [-0.4, -0.2) is 83.5 Å². The van der Waals surface area contributed by atoms with Crippen LogP contribution < -0.4 is 19.7 Å². The van der Waals surface area contributed by atoms with Crippen molar-refractivity contribution >= 4 is 27.5 Å². The number of aromatic hydroxyl groups is 1. The Morgan fingerprint density at radius 1 is 1.13 bits per heavy atom. The van der Waals surface area contributed by atoms with Crippen molar-refractivity contribution in [2.24, 2.45) is 5.41 Å². The summed E-state index contributed by atoms with van der Waals surface area (Å²) in [6, 6.07) is 6.13. The Hall–Kier alpha value is -4.53. The number of nitrogens with one attached hydrogen (secondary N) is 1. The molecule has 2 bridgehead atoms. The Morgan fingerprint density at radius 2 is 1.91 bits per heavy atom.